The van der Waals surface area contributed by atoms with Crippen molar-refractivity contribution >= 4 is 29.4 Å². The number of likely N-dealkylation sites (N-methyl/N-ethyl adjacent to an activating group) is 1. The van der Waals surface area contributed by atoms with Crippen molar-refractivity contribution in [1.29, 1.82) is 0 Å². The van der Waals surface area contributed by atoms with E-state index in [1.54, 1.807) is 44.1 Å². The van der Waals surface area contributed by atoms with Gasteiger partial charge in [0.1, 0.15) is 18.1 Å². The number of nitrogens with zero attached hydrogens (tertiary/aromatic N) is 1. The number of halogens is 4. The van der Waals surface area contributed by atoms with Gasteiger partial charge in [-0.1, -0.05) is 30.3 Å². The number of hydrogen-bond acceptors (Lipinski definition) is 8. The standard InChI is InChI=1S/C36H35F4N5O7/c1-4-51-29-18-30(46)42-19-26(29)22-10-11-23(27(37)14-22)15-31(47)44-28-17-24(36(38,39)40)16-25(35(50)41-12-13-45(2)3)33(28)52-32(48)20-43-34(49)21-8-6-5-7-9-21/h5-11,14,16-19H,4,12-13,15,20H2,1-3H3,(H,41,50)(H,42,46)(H,43,49)(H,44,47). The molecular weight excluding hydrogens is 690 g/mol. The molecule has 1 aromatic heterocycles. The van der Waals surface area contributed by atoms with E-state index in [1.165, 1.54) is 36.5 Å². The highest BCUT2D eigenvalue weighted by Crippen LogP contribution is 2.38. The van der Waals surface area contributed by atoms with Crippen molar-refractivity contribution in [3.63, 3.8) is 0 Å². The van der Waals surface area contributed by atoms with Crippen LogP contribution in [0.2, 0.25) is 0 Å². The van der Waals surface area contributed by atoms with E-state index >= 15 is 4.39 Å². The predicted molar refractivity (Wildman–Crippen MR) is 183 cm³/mol. The van der Waals surface area contributed by atoms with Crippen LogP contribution >= 0.6 is 0 Å². The molecule has 3 aromatic carbocycles. The number of rotatable bonds is 14. The molecule has 0 unspecified atom stereocenters. The van der Waals surface area contributed by atoms with Crippen LogP contribution in [0.5, 0.6) is 11.5 Å². The lowest BCUT2D eigenvalue weighted by Crippen LogP contribution is -2.34. The fourth-order valence-electron chi connectivity index (χ4n) is 4.83. The summed E-state index contributed by atoms with van der Waals surface area (Å²) in [4.78, 5) is 67.8. The number of pyridine rings is 1. The SMILES string of the molecule is CCOc1cc(=O)[nH]cc1-c1ccc(CC(=O)Nc2cc(C(F)(F)F)cc(C(=O)NCCN(C)C)c2OC(=O)CNC(=O)c2ccccc2)c(F)c1. The molecule has 0 bridgehead atoms. The molecule has 4 N–H and O–H groups in total. The normalized spacial score (nSPS) is 11.2. The number of hydrogen-bond donors (Lipinski definition) is 4. The maximum atomic E-state index is 15.3. The molecule has 3 amide bonds. The number of amides is 3. The van der Waals surface area contributed by atoms with Gasteiger partial charge in [-0.15, -0.1) is 0 Å². The van der Waals surface area contributed by atoms with Gasteiger partial charge in [0.15, 0.2) is 5.75 Å². The number of benzene rings is 3. The number of esters is 1. The number of carbonyl (C=O) groups is 4. The van der Waals surface area contributed by atoms with Gasteiger partial charge in [-0.05, 0) is 62.5 Å². The van der Waals surface area contributed by atoms with Gasteiger partial charge in [0.2, 0.25) is 5.91 Å². The highest BCUT2D eigenvalue weighted by Gasteiger charge is 2.34. The first-order chi connectivity index (χ1) is 24.7. The molecule has 1 heterocycles. The molecule has 0 aliphatic heterocycles. The van der Waals surface area contributed by atoms with Gasteiger partial charge in [-0.25, -0.2) is 9.18 Å². The quantitative estimate of drug-likeness (QED) is 0.0846. The molecule has 12 nitrogen and oxygen atoms in total. The van der Waals surface area contributed by atoms with Gasteiger partial charge in [-0.2, -0.15) is 13.2 Å². The second-order valence-electron chi connectivity index (χ2n) is 11.5. The molecule has 0 fully saturated rings. The van der Waals surface area contributed by atoms with Crippen LogP contribution in [-0.4, -0.2) is 73.9 Å². The number of carbonyl (C=O) groups excluding carboxylic acids is 4. The van der Waals surface area contributed by atoms with Crippen LogP contribution in [-0.2, 0) is 22.2 Å². The van der Waals surface area contributed by atoms with Gasteiger partial charge in [0, 0.05) is 36.5 Å². The maximum Gasteiger partial charge on any atom is 0.416 e. The zero-order valence-electron chi connectivity index (χ0n) is 28.3. The van der Waals surface area contributed by atoms with E-state index in [1.807, 2.05) is 0 Å². The minimum atomic E-state index is -5.01. The van der Waals surface area contributed by atoms with Crippen LogP contribution in [0.15, 0.2) is 77.7 Å². The summed E-state index contributed by atoms with van der Waals surface area (Å²) in [5.41, 5.74) is -2.49. The predicted octanol–water partition coefficient (Wildman–Crippen LogP) is 4.41. The lowest BCUT2D eigenvalue weighted by atomic mass is 10.0. The minimum absolute atomic E-state index is 0.00465. The highest BCUT2D eigenvalue weighted by atomic mass is 19.4. The molecule has 0 aliphatic carbocycles. The molecule has 4 aromatic rings. The van der Waals surface area contributed by atoms with Crippen LogP contribution in [0.4, 0.5) is 23.2 Å². The molecule has 274 valence electrons. The van der Waals surface area contributed by atoms with Crippen LogP contribution < -0.4 is 31.0 Å². The molecule has 0 saturated carbocycles. The van der Waals surface area contributed by atoms with E-state index in [0.717, 1.165) is 6.07 Å². The molecule has 4 rings (SSSR count). The summed E-state index contributed by atoms with van der Waals surface area (Å²) in [5.74, 6) is -5.26. The van der Waals surface area contributed by atoms with E-state index in [0.29, 0.717) is 29.8 Å². The molecule has 16 heteroatoms. The van der Waals surface area contributed by atoms with Crippen molar-refractivity contribution < 1.29 is 46.2 Å². The van der Waals surface area contributed by atoms with Crippen molar-refractivity contribution in [2.75, 3.05) is 45.7 Å². The van der Waals surface area contributed by atoms with Gasteiger partial charge >= 0.3 is 12.1 Å². The van der Waals surface area contributed by atoms with Crippen molar-refractivity contribution in [2.45, 2.75) is 19.5 Å². The Kier molecular flexibility index (Phi) is 12.9. The van der Waals surface area contributed by atoms with Gasteiger partial charge in [-0.3, -0.25) is 19.2 Å². The van der Waals surface area contributed by atoms with Crippen molar-refractivity contribution in [3.05, 3.63) is 111 Å². The minimum Gasteiger partial charge on any atom is -0.493 e. The van der Waals surface area contributed by atoms with Crippen LogP contribution in [0, 0.1) is 5.82 Å². The van der Waals surface area contributed by atoms with E-state index in [4.69, 9.17) is 9.47 Å². The highest BCUT2D eigenvalue weighted by molar-refractivity contribution is 6.03. The number of ether oxygens (including phenoxy) is 2. The van der Waals surface area contributed by atoms with Gasteiger partial charge in [0.05, 0.1) is 29.8 Å². The largest absolute Gasteiger partial charge is 0.493 e. The van der Waals surface area contributed by atoms with E-state index in [2.05, 4.69) is 20.9 Å². The van der Waals surface area contributed by atoms with Gasteiger partial charge in [0.25, 0.3) is 17.4 Å². The topological polar surface area (TPSA) is 159 Å². The van der Waals surface area contributed by atoms with E-state index in [-0.39, 0.29) is 30.0 Å². The summed E-state index contributed by atoms with van der Waals surface area (Å²) in [6.45, 7) is 1.50. The monoisotopic (exact) mass is 725 g/mol. The Hall–Kier alpha value is -6.03. The Bertz CT molecular complexity index is 2000. The zero-order chi connectivity index (χ0) is 38.0. The zero-order valence-corrected chi connectivity index (χ0v) is 28.3. The fraction of sp³-hybridized carbons (Fsp3) is 0.250. The molecular formula is C36H35F4N5O7. The lowest BCUT2D eigenvalue weighted by Gasteiger charge is -2.19. The molecule has 0 radical (unpaired) electrons. The summed E-state index contributed by atoms with van der Waals surface area (Å²) in [6, 6.07) is 13.8. The Morgan fingerprint density at radius 3 is 2.31 bits per heavy atom. The second-order valence-corrected chi connectivity index (χ2v) is 11.5. The Morgan fingerprint density at radius 2 is 1.65 bits per heavy atom. The Labute approximate surface area is 295 Å². The van der Waals surface area contributed by atoms with Crippen LogP contribution in [0.1, 0.15) is 38.8 Å². The third-order valence-corrected chi connectivity index (χ3v) is 7.33. The van der Waals surface area contributed by atoms with Crippen molar-refractivity contribution in [1.82, 2.24) is 20.5 Å². The smallest absolute Gasteiger partial charge is 0.416 e. The summed E-state index contributed by atoms with van der Waals surface area (Å²) in [7, 11) is 3.42. The molecule has 52 heavy (non-hydrogen) atoms. The summed E-state index contributed by atoms with van der Waals surface area (Å²) in [6.07, 6.45) is -4.35. The lowest BCUT2D eigenvalue weighted by molar-refractivity contribution is -0.137. The second kappa shape index (κ2) is 17.3. The molecule has 0 spiro atoms. The third kappa shape index (κ3) is 10.5. The van der Waals surface area contributed by atoms with Crippen molar-refractivity contribution in [2.24, 2.45) is 0 Å². The average molecular weight is 726 g/mol. The fourth-order valence-corrected chi connectivity index (χ4v) is 4.83. The number of aromatic amines is 1. The average Bonchev–Trinajstić information content (AvgIpc) is 3.08. The van der Waals surface area contributed by atoms with E-state index < -0.39 is 76.8 Å². The third-order valence-electron chi connectivity index (χ3n) is 7.33. The number of anilines is 1. The van der Waals surface area contributed by atoms with E-state index in [9.17, 15) is 37.1 Å². The van der Waals surface area contributed by atoms with Crippen LogP contribution in [0.3, 0.4) is 0 Å². The first kappa shape index (κ1) is 38.8. The van der Waals surface area contributed by atoms with Crippen LogP contribution in [0.25, 0.3) is 11.1 Å². The Morgan fingerprint density at radius 1 is 0.923 bits per heavy atom. The first-order valence-electron chi connectivity index (χ1n) is 15.8. The molecule has 0 aliphatic rings. The number of aromatic nitrogens is 1. The maximum absolute atomic E-state index is 15.3. The van der Waals surface area contributed by atoms with Crippen molar-refractivity contribution in [3.8, 4) is 22.6 Å². The number of alkyl halides is 3. The number of H-pyrrole nitrogens is 1. The number of nitrogens with one attached hydrogen (secondary N) is 4. The Balaban J connectivity index is 1.65. The summed E-state index contributed by atoms with van der Waals surface area (Å²) in [5, 5.41) is 7.01. The molecule has 0 atom stereocenters. The summed E-state index contributed by atoms with van der Waals surface area (Å²) < 4.78 is 68.3. The summed E-state index contributed by atoms with van der Waals surface area (Å²) >= 11 is 0. The molecule has 0 saturated heterocycles. The first-order valence-corrected chi connectivity index (χ1v) is 15.8. The van der Waals surface area contributed by atoms with Gasteiger partial charge < -0.3 is 35.3 Å².